The summed E-state index contributed by atoms with van der Waals surface area (Å²) in [5.74, 6) is 0.899. The van der Waals surface area contributed by atoms with Crippen LogP contribution >= 0.6 is 0 Å². The topological polar surface area (TPSA) is 47.0 Å². The fourth-order valence-electron chi connectivity index (χ4n) is 2.87. The highest BCUT2D eigenvalue weighted by Crippen LogP contribution is 2.31. The lowest BCUT2D eigenvalue weighted by Gasteiger charge is -2.30. The minimum Gasteiger partial charge on any atom is -0.368 e. The molecule has 2 aromatic rings. The van der Waals surface area contributed by atoms with Crippen molar-refractivity contribution in [1.82, 2.24) is 9.97 Å². The van der Waals surface area contributed by atoms with Gasteiger partial charge in [0.2, 0.25) is 0 Å². The Morgan fingerprint density at radius 1 is 1.18 bits per heavy atom. The minimum atomic E-state index is 0.215. The third kappa shape index (κ3) is 3.63. The van der Waals surface area contributed by atoms with Crippen molar-refractivity contribution in [3.05, 3.63) is 53.5 Å². The third-order valence-corrected chi connectivity index (χ3v) is 4.19. The second-order valence-corrected chi connectivity index (χ2v) is 6.02. The molecule has 4 heteroatoms. The van der Waals surface area contributed by atoms with E-state index in [1.807, 2.05) is 13.1 Å². The normalized spacial score (nSPS) is 21.5. The summed E-state index contributed by atoms with van der Waals surface area (Å²) >= 11 is 0. The number of ether oxygens (including phenoxy) is 1. The summed E-state index contributed by atoms with van der Waals surface area (Å²) in [6.45, 7) is 4.92. The molecule has 22 heavy (non-hydrogen) atoms. The van der Waals surface area contributed by atoms with E-state index in [1.54, 1.807) is 6.33 Å². The molecule has 1 aromatic carbocycles. The van der Waals surface area contributed by atoms with Crippen LogP contribution in [0.15, 0.2) is 36.8 Å². The largest absolute Gasteiger partial charge is 0.368 e. The Hall–Kier alpha value is -1.94. The van der Waals surface area contributed by atoms with Gasteiger partial charge in [-0.2, -0.15) is 0 Å². The van der Waals surface area contributed by atoms with E-state index in [1.165, 1.54) is 17.5 Å². The number of benzene rings is 1. The molecule has 3 rings (SSSR count). The van der Waals surface area contributed by atoms with Crippen LogP contribution in [0.4, 0.5) is 5.82 Å². The van der Waals surface area contributed by atoms with E-state index in [4.69, 9.17) is 4.74 Å². The van der Waals surface area contributed by atoms with Crippen LogP contribution in [-0.2, 0) is 4.74 Å². The number of aryl methyl sites for hydroxylation is 2. The lowest BCUT2D eigenvalue weighted by atomic mass is 9.97. The van der Waals surface area contributed by atoms with Gasteiger partial charge in [-0.05, 0) is 38.7 Å². The monoisotopic (exact) mass is 297 g/mol. The van der Waals surface area contributed by atoms with Gasteiger partial charge in [0, 0.05) is 18.3 Å². The summed E-state index contributed by atoms with van der Waals surface area (Å²) in [6, 6.07) is 8.68. The first-order valence-electron chi connectivity index (χ1n) is 7.95. The first-order valence-corrected chi connectivity index (χ1v) is 7.95. The molecular weight excluding hydrogens is 274 g/mol. The van der Waals surface area contributed by atoms with Crippen LogP contribution in [0.3, 0.4) is 0 Å². The van der Waals surface area contributed by atoms with Crippen molar-refractivity contribution in [3.8, 4) is 0 Å². The van der Waals surface area contributed by atoms with E-state index >= 15 is 0 Å². The molecule has 0 spiro atoms. The lowest BCUT2D eigenvalue weighted by Crippen LogP contribution is -2.29. The number of hydrogen-bond donors (Lipinski definition) is 1. The molecular formula is C18H23N3O. The molecule has 0 unspecified atom stereocenters. The highest BCUT2D eigenvalue weighted by atomic mass is 16.5. The SMILES string of the molecule is Cc1ccc([C@@H]2CCC[C@H](CNc3ncncc3C)O2)cc1. The molecule has 1 saturated heterocycles. The third-order valence-electron chi connectivity index (χ3n) is 4.19. The summed E-state index contributed by atoms with van der Waals surface area (Å²) in [7, 11) is 0. The van der Waals surface area contributed by atoms with Crippen molar-refractivity contribution in [2.24, 2.45) is 0 Å². The predicted octanol–water partition coefficient (Wildman–Crippen LogP) is 3.82. The maximum absolute atomic E-state index is 6.27. The summed E-state index contributed by atoms with van der Waals surface area (Å²) in [6.07, 6.45) is 7.25. The Kier molecular flexibility index (Phi) is 4.68. The van der Waals surface area contributed by atoms with Gasteiger partial charge >= 0.3 is 0 Å². The summed E-state index contributed by atoms with van der Waals surface area (Å²) in [5.41, 5.74) is 3.64. The molecule has 1 aliphatic rings. The second kappa shape index (κ2) is 6.88. The lowest BCUT2D eigenvalue weighted by molar-refractivity contribution is -0.0442. The van der Waals surface area contributed by atoms with Gasteiger partial charge in [-0.1, -0.05) is 29.8 Å². The van der Waals surface area contributed by atoms with Gasteiger partial charge < -0.3 is 10.1 Å². The summed E-state index contributed by atoms with van der Waals surface area (Å²) in [5, 5.41) is 3.39. The van der Waals surface area contributed by atoms with E-state index in [-0.39, 0.29) is 12.2 Å². The van der Waals surface area contributed by atoms with Crippen molar-refractivity contribution in [2.45, 2.75) is 45.3 Å². The minimum absolute atomic E-state index is 0.215. The fraction of sp³-hybridized carbons (Fsp3) is 0.444. The average Bonchev–Trinajstić information content (AvgIpc) is 2.55. The Labute approximate surface area is 132 Å². The number of nitrogens with zero attached hydrogens (tertiary/aromatic N) is 2. The van der Waals surface area contributed by atoms with Crippen LogP contribution in [0.25, 0.3) is 0 Å². The van der Waals surface area contributed by atoms with Crippen LogP contribution in [0.5, 0.6) is 0 Å². The van der Waals surface area contributed by atoms with Crippen LogP contribution < -0.4 is 5.32 Å². The summed E-state index contributed by atoms with van der Waals surface area (Å²) in [4.78, 5) is 8.29. The highest BCUT2D eigenvalue weighted by molar-refractivity contribution is 5.40. The van der Waals surface area contributed by atoms with E-state index in [9.17, 15) is 0 Å². The summed E-state index contributed by atoms with van der Waals surface area (Å²) < 4.78 is 6.27. The van der Waals surface area contributed by atoms with Crippen molar-refractivity contribution < 1.29 is 4.74 Å². The van der Waals surface area contributed by atoms with Gasteiger partial charge in [0.05, 0.1) is 12.2 Å². The van der Waals surface area contributed by atoms with Gasteiger partial charge in [-0.15, -0.1) is 0 Å². The van der Waals surface area contributed by atoms with Crippen molar-refractivity contribution >= 4 is 5.82 Å². The molecule has 1 aromatic heterocycles. The standard InChI is InChI=1S/C18H23N3O/c1-13-6-8-15(9-7-13)17-5-3-4-16(22-17)11-20-18-14(2)10-19-12-21-18/h6-10,12,16-17H,3-5,11H2,1-2H3,(H,19,20,21)/t16-,17+/m1/s1. The Bertz CT molecular complexity index is 612. The van der Waals surface area contributed by atoms with E-state index in [0.29, 0.717) is 0 Å². The zero-order chi connectivity index (χ0) is 15.4. The Balaban J connectivity index is 1.59. The smallest absolute Gasteiger partial charge is 0.132 e. The van der Waals surface area contributed by atoms with Gasteiger partial charge in [-0.3, -0.25) is 0 Å². The molecule has 1 aliphatic heterocycles. The maximum Gasteiger partial charge on any atom is 0.132 e. The molecule has 0 radical (unpaired) electrons. The zero-order valence-corrected chi connectivity index (χ0v) is 13.2. The number of hydrogen-bond acceptors (Lipinski definition) is 4. The van der Waals surface area contributed by atoms with Crippen LogP contribution in [0, 0.1) is 13.8 Å². The van der Waals surface area contributed by atoms with E-state index in [0.717, 1.165) is 30.8 Å². The van der Waals surface area contributed by atoms with Crippen LogP contribution in [-0.4, -0.2) is 22.6 Å². The molecule has 0 saturated carbocycles. The van der Waals surface area contributed by atoms with Crippen LogP contribution in [0.1, 0.15) is 42.1 Å². The molecule has 0 aliphatic carbocycles. The van der Waals surface area contributed by atoms with E-state index in [2.05, 4.69) is 46.5 Å². The molecule has 1 fully saturated rings. The molecule has 4 nitrogen and oxygen atoms in total. The zero-order valence-electron chi connectivity index (χ0n) is 13.2. The Morgan fingerprint density at radius 2 is 2.00 bits per heavy atom. The molecule has 116 valence electrons. The van der Waals surface area contributed by atoms with Gasteiger partial charge in [-0.25, -0.2) is 9.97 Å². The molecule has 2 heterocycles. The van der Waals surface area contributed by atoms with Crippen molar-refractivity contribution in [2.75, 3.05) is 11.9 Å². The Morgan fingerprint density at radius 3 is 2.77 bits per heavy atom. The first-order chi connectivity index (χ1) is 10.7. The number of anilines is 1. The van der Waals surface area contributed by atoms with Gasteiger partial charge in [0.15, 0.2) is 0 Å². The molecule has 2 atom stereocenters. The maximum atomic E-state index is 6.27. The number of nitrogens with one attached hydrogen (secondary N) is 1. The molecule has 0 bridgehead atoms. The van der Waals surface area contributed by atoms with Gasteiger partial charge in [0.25, 0.3) is 0 Å². The fourth-order valence-corrected chi connectivity index (χ4v) is 2.87. The van der Waals surface area contributed by atoms with Crippen molar-refractivity contribution in [1.29, 1.82) is 0 Å². The quantitative estimate of drug-likeness (QED) is 0.932. The first kappa shape index (κ1) is 15.0. The average molecular weight is 297 g/mol. The number of aromatic nitrogens is 2. The molecule has 1 N–H and O–H groups in total. The van der Waals surface area contributed by atoms with Gasteiger partial charge in [0.1, 0.15) is 12.1 Å². The number of rotatable bonds is 4. The second-order valence-electron chi connectivity index (χ2n) is 6.02. The highest BCUT2D eigenvalue weighted by Gasteiger charge is 2.23. The molecule has 0 amide bonds. The predicted molar refractivity (Wildman–Crippen MR) is 87.9 cm³/mol. The van der Waals surface area contributed by atoms with Crippen molar-refractivity contribution in [3.63, 3.8) is 0 Å². The van der Waals surface area contributed by atoms with Crippen LogP contribution in [0.2, 0.25) is 0 Å². The van der Waals surface area contributed by atoms with E-state index < -0.39 is 0 Å².